The normalized spacial score (nSPS) is 13.8. The van der Waals surface area contributed by atoms with Gasteiger partial charge >= 0.3 is 0 Å². The monoisotopic (exact) mass is 353 g/mol. The Balaban J connectivity index is 2.32. The number of halogens is 2. The van der Waals surface area contributed by atoms with Crippen LogP contribution in [-0.4, -0.2) is 7.11 Å². The molecule has 2 N–H and O–H groups in total. The van der Waals surface area contributed by atoms with Crippen LogP contribution in [0, 0.1) is 0 Å². The van der Waals surface area contributed by atoms with E-state index in [4.69, 9.17) is 22.1 Å². The zero-order valence-corrected chi connectivity index (χ0v) is 13.8. The van der Waals surface area contributed by atoms with Gasteiger partial charge in [0.2, 0.25) is 0 Å². The highest BCUT2D eigenvalue weighted by atomic mass is 79.9. The molecule has 0 spiro atoms. The van der Waals surface area contributed by atoms with Crippen molar-refractivity contribution in [1.82, 2.24) is 0 Å². The maximum Gasteiger partial charge on any atom is 0.122 e. The largest absolute Gasteiger partial charge is 0.496 e. The van der Waals surface area contributed by atoms with Crippen molar-refractivity contribution >= 4 is 27.5 Å². The highest BCUT2D eigenvalue weighted by Gasteiger charge is 2.23. The summed E-state index contributed by atoms with van der Waals surface area (Å²) in [5.74, 6) is 0.809. The average Bonchev–Trinajstić information content (AvgIpc) is 2.39. The summed E-state index contributed by atoms with van der Waals surface area (Å²) in [5, 5.41) is 0.687. The van der Waals surface area contributed by atoms with E-state index in [2.05, 4.69) is 15.9 Å². The van der Waals surface area contributed by atoms with Gasteiger partial charge in [-0.1, -0.05) is 39.7 Å². The van der Waals surface area contributed by atoms with Crippen molar-refractivity contribution in [2.45, 2.75) is 18.9 Å². The van der Waals surface area contributed by atoms with Crippen LogP contribution in [0.2, 0.25) is 5.02 Å². The molecule has 0 aliphatic heterocycles. The lowest BCUT2D eigenvalue weighted by molar-refractivity contribution is 0.400. The van der Waals surface area contributed by atoms with Crippen LogP contribution in [0.5, 0.6) is 5.75 Å². The van der Waals surface area contributed by atoms with E-state index < -0.39 is 5.54 Å². The van der Waals surface area contributed by atoms with E-state index >= 15 is 0 Å². The van der Waals surface area contributed by atoms with Gasteiger partial charge in [0.05, 0.1) is 7.11 Å². The third-order valence-corrected chi connectivity index (χ3v) is 4.07. The fourth-order valence-electron chi connectivity index (χ4n) is 2.21. The molecule has 1 unspecified atom stereocenters. The Morgan fingerprint density at radius 1 is 1.20 bits per heavy atom. The number of hydrogen-bond acceptors (Lipinski definition) is 2. The lowest BCUT2D eigenvalue weighted by Gasteiger charge is -2.26. The van der Waals surface area contributed by atoms with Crippen LogP contribution in [0.1, 0.15) is 18.1 Å². The second kappa shape index (κ2) is 6.17. The van der Waals surface area contributed by atoms with Crippen molar-refractivity contribution in [3.05, 3.63) is 63.1 Å². The Morgan fingerprint density at radius 3 is 2.45 bits per heavy atom. The van der Waals surface area contributed by atoms with Crippen molar-refractivity contribution in [3.63, 3.8) is 0 Å². The third kappa shape index (κ3) is 3.54. The summed E-state index contributed by atoms with van der Waals surface area (Å²) < 4.78 is 6.42. The first-order valence-corrected chi connectivity index (χ1v) is 7.47. The molecule has 106 valence electrons. The molecule has 0 aromatic heterocycles. The summed E-state index contributed by atoms with van der Waals surface area (Å²) in [4.78, 5) is 0. The van der Waals surface area contributed by atoms with Gasteiger partial charge in [0.1, 0.15) is 5.75 Å². The predicted octanol–water partition coefficient (Wildman–Crippen LogP) is 4.53. The number of ether oxygens (including phenoxy) is 1. The summed E-state index contributed by atoms with van der Waals surface area (Å²) in [6.45, 7) is 2.01. The van der Waals surface area contributed by atoms with Gasteiger partial charge in [-0.3, -0.25) is 0 Å². The van der Waals surface area contributed by atoms with Gasteiger partial charge in [0, 0.05) is 15.0 Å². The molecule has 2 nitrogen and oxygen atoms in total. The van der Waals surface area contributed by atoms with E-state index in [0.717, 1.165) is 21.3 Å². The van der Waals surface area contributed by atoms with Crippen molar-refractivity contribution in [1.29, 1.82) is 0 Å². The molecule has 2 aromatic rings. The number of hydrogen-bond donors (Lipinski definition) is 1. The van der Waals surface area contributed by atoms with Crippen molar-refractivity contribution in [2.75, 3.05) is 7.11 Å². The smallest absolute Gasteiger partial charge is 0.122 e. The van der Waals surface area contributed by atoms with Crippen molar-refractivity contribution in [3.8, 4) is 5.75 Å². The summed E-state index contributed by atoms with van der Waals surface area (Å²) in [5.41, 5.74) is 8.07. The molecule has 0 fully saturated rings. The molecule has 0 amide bonds. The number of methoxy groups -OCH3 is 1. The molecule has 0 heterocycles. The Hall–Kier alpha value is -1.03. The lowest BCUT2D eigenvalue weighted by Crippen LogP contribution is -2.35. The molecule has 0 saturated heterocycles. The van der Waals surface area contributed by atoms with Crippen LogP contribution >= 0.6 is 27.5 Å². The average molecular weight is 355 g/mol. The molecule has 20 heavy (non-hydrogen) atoms. The SMILES string of the molecule is COc1ccc(Cl)cc1CC(C)(N)c1ccc(Br)cc1. The van der Waals surface area contributed by atoms with E-state index in [9.17, 15) is 0 Å². The molecule has 0 saturated carbocycles. The second-order valence-corrected chi connectivity index (χ2v) is 6.41. The molecule has 2 rings (SSSR count). The molecule has 0 radical (unpaired) electrons. The van der Waals surface area contributed by atoms with Crippen LogP contribution < -0.4 is 10.5 Å². The Bertz CT molecular complexity index is 596. The summed E-state index contributed by atoms with van der Waals surface area (Å²) in [6.07, 6.45) is 0.651. The van der Waals surface area contributed by atoms with E-state index in [-0.39, 0.29) is 0 Å². The third-order valence-electron chi connectivity index (χ3n) is 3.30. The first-order chi connectivity index (χ1) is 9.42. The quantitative estimate of drug-likeness (QED) is 0.875. The van der Waals surface area contributed by atoms with Gasteiger partial charge in [0.25, 0.3) is 0 Å². The molecule has 1 atom stereocenters. The molecular formula is C16H17BrClNO. The molecule has 2 aromatic carbocycles. The molecule has 0 bridgehead atoms. The zero-order chi connectivity index (χ0) is 14.8. The minimum absolute atomic E-state index is 0.487. The van der Waals surface area contributed by atoms with Gasteiger partial charge in [-0.05, 0) is 54.8 Å². The van der Waals surface area contributed by atoms with E-state index in [1.165, 1.54) is 0 Å². The minimum Gasteiger partial charge on any atom is -0.496 e. The molecule has 0 aliphatic rings. The summed E-state index contributed by atoms with van der Waals surface area (Å²) in [6, 6.07) is 13.6. The number of rotatable bonds is 4. The Kier molecular flexibility index (Phi) is 4.74. The Morgan fingerprint density at radius 2 is 1.85 bits per heavy atom. The summed E-state index contributed by atoms with van der Waals surface area (Å²) >= 11 is 9.50. The lowest BCUT2D eigenvalue weighted by atomic mass is 9.86. The Labute approximate surface area is 133 Å². The fraction of sp³-hybridized carbons (Fsp3) is 0.250. The van der Waals surface area contributed by atoms with E-state index in [0.29, 0.717) is 11.4 Å². The summed E-state index contributed by atoms with van der Waals surface area (Å²) in [7, 11) is 1.65. The topological polar surface area (TPSA) is 35.2 Å². The molecule has 4 heteroatoms. The molecule has 0 aliphatic carbocycles. The van der Waals surface area contributed by atoms with Gasteiger partial charge in [0.15, 0.2) is 0 Å². The van der Waals surface area contributed by atoms with Crippen LogP contribution in [-0.2, 0) is 12.0 Å². The van der Waals surface area contributed by atoms with Gasteiger partial charge in [-0.2, -0.15) is 0 Å². The van der Waals surface area contributed by atoms with Crippen LogP contribution in [0.15, 0.2) is 46.9 Å². The number of benzene rings is 2. The first-order valence-electron chi connectivity index (χ1n) is 6.30. The standard InChI is InChI=1S/C16H17BrClNO/c1-16(19,12-3-5-13(17)6-4-12)10-11-9-14(18)7-8-15(11)20-2/h3-9H,10,19H2,1-2H3. The van der Waals surface area contributed by atoms with Crippen molar-refractivity contribution < 1.29 is 4.74 Å². The maximum atomic E-state index is 6.48. The second-order valence-electron chi connectivity index (χ2n) is 5.06. The highest BCUT2D eigenvalue weighted by Crippen LogP contribution is 2.30. The predicted molar refractivity (Wildman–Crippen MR) is 87.4 cm³/mol. The zero-order valence-electron chi connectivity index (χ0n) is 11.5. The highest BCUT2D eigenvalue weighted by molar-refractivity contribution is 9.10. The van der Waals surface area contributed by atoms with Crippen LogP contribution in [0.3, 0.4) is 0 Å². The van der Waals surface area contributed by atoms with Gasteiger partial charge in [-0.25, -0.2) is 0 Å². The first kappa shape index (κ1) is 15.4. The molecular weight excluding hydrogens is 338 g/mol. The van der Waals surface area contributed by atoms with Gasteiger partial charge < -0.3 is 10.5 Å². The van der Waals surface area contributed by atoms with E-state index in [1.54, 1.807) is 7.11 Å². The van der Waals surface area contributed by atoms with E-state index in [1.807, 2.05) is 49.4 Å². The van der Waals surface area contributed by atoms with Crippen LogP contribution in [0.4, 0.5) is 0 Å². The fourth-order valence-corrected chi connectivity index (χ4v) is 2.67. The minimum atomic E-state index is -0.487. The van der Waals surface area contributed by atoms with Crippen LogP contribution in [0.25, 0.3) is 0 Å². The van der Waals surface area contributed by atoms with Gasteiger partial charge in [-0.15, -0.1) is 0 Å². The van der Waals surface area contributed by atoms with Crippen molar-refractivity contribution in [2.24, 2.45) is 5.73 Å². The number of nitrogens with two attached hydrogens (primary N) is 1. The maximum absolute atomic E-state index is 6.48.